The van der Waals surface area contributed by atoms with E-state index in [0.717, 1.165) is 28.6 Å². The third-order valence-electron chi connectivity index (χ3n) is 4.99. The molecule has 30 heavy (non-hydrogen) atoms. The van der Waals surface area contributed by atoms with Gasteiger partial charge in [-0.1, -0.05) is 0 Å². The molecule has 1 amide bonds. The number of nitrogens with zero attached hydrogens (tertiary/aromatic N) is 3. The Morgan fingerprint density at radius 1 is 1.20 bits per heavy atom. The van der Waals surface area contributed by atoms with E-state index < -0.39 is 11.7 Å². The molecule has 4 aromatic rings. The van der Waals surface area contributed by atoms with Gasteiger partial charge in [0.05, 0.1) is 29.5 Å². The summed E-state index contributed by atoms with van der Waals surface area (Å²) in [6, 6.07) is 9.59. The molecule has 9 heteroatoms. The number of hydrogen-bond donors (Lipinski definition) is 2. The van der Waals surface area contributed by atoms with Crippen LogP contribution in [0.4, 0.5) is 13.2 Å². The van der Waals surface area contributed by atoms with Gasteiger partial charge in [0.2, 0.25) is 0 Å². The number of nitrogens with one attached hydrogen (secondary N) is 1. The molecule has 1 atom stereocenters. The highest BCUT2D eigenvalue weighted by Gasteiger charge is 2.30. The summed E-state index contributed by atoms with van der Waals surface area (Å²) in [7, 11) is 1.81. The second-order valence-electron chi connectivity index (χ2n) is 7.20. The molecule has 4 rings (SSSR count). The van der Waals surface area contributed by atoms with E-state index in [9.17, 15) is 18.0 Å². The van der Waals surface area contributed by atoms with Gasteiger partial charge in [-0.15, -0.1) is 0 Å². The molecule has 6 nitrogen and oxygen atoms in total. The quantitative estimate of drug-likeness (QED) is 0.534. The third-order valence-corrected chi connectivity index (χ3v) is 4.99. The van der Waals surface area contributed by atoms with Crippen LogP contribution < -0.4 is 5.32 Å². The van der Waals surface area contributed by atoms with Crippen molar-refractivity contribution < 1.29 is 23.1 Å². The van der Waals surface area contributed by atoms with E-state index in [-0.39, 0.29) is 18.6 Å². The molecule has 0 fully saturated rings. The van der Waals surface area contributed by atoms with Gasteiger partial charge in [-0.3, -0.25) is 9.36 Å². The molecule has 156 valence electrons. The Morgan fingerprint density at radius 2 is 1.90 bits per heavy atom. The van der Waals surface area contributed by atoms with Crippen molar-refractivity contribution in [1.29, 1.82) is 0 Å². The maximum absolute atomic E-state index is 12.9. The Bertz CT molecular complexity index is 1240. The second kappa shape index (κ2) is 7.17. The number of alkyl halides is 3. The largest absolute Gasteiger partial charge is 0.416 e. The zero-order chi connectivity index (χ0) is 21.6. The van der Waals surface area contributed by atoms with Gasteiger partial charge < -0.3 is 15.0 Å². The number of rotatable bonds is 4. The highest BCUT2D eigenvalue weighted by atomic mass is 19.4. The standard InChI is InChI=1S/C21H19F3N4O2/c1-12(10-29)26-20(30)13-3-8-17-16(9-13)18-19(25-11-27(18)2)28(17)15-6-4-14(5-7-15)21(22,23)24/h3-9,11-12,29H,10H2,1-2H3,(H,26,30)/t12-/m0/s1. The number of carbonyl (C=O) groups is 1. The van der Waals surface area contributed by atoms with Crippen LogP contribution in [0.1, 0.15) is 22.8 Å². The van der Waals surface area contributed by atoms with Crippen molar-refractivity contribution in [1.82, 2.24) is 19.4 Å². The average molecular weight is 416 g/mol. The molecule has 0 aliphatic rings. The average Bonchev–Trinajstić information content (AvgIpc) is 3.24. The molecule has 0 bridgehead atoms. The second-order valence-corrected chi connectivity index (χ2v) is 7.20. The van der Waals surface area contributed by atoms with Gasteiger partial charge >= 0.3 is 6.18 Å². The van der Waals surface area contributed by atoms with Crippen LogP contribution in [0.3, 0.4) is 0 Å². The highest BCUT2D eigenvalue weighted by Crippen LogP contribution is 2.34. The SMILES string of the molecule is C[C@@H](CO)NC(=O)c1ccc2c(c1)c1c(ncn1C)n2-c1ccc(C(F)(F)F)cc1. The van der Waals surface area contributed by atoms with Gasteiger partial charge in [0.15, 0.2) is 5.65 Å². The number of aromatic nitrogens is 3. The lowest BCUT2D eigenvalue weighted by molar-refractivity contribution is -0.137. The summed E-state index contributed by atoms with van der Waals surface area (Å²) in [5, 5.41) is 12.6. The number of amides is 1. The first kappa shape index (κ1) is 20.0. The van der Waals surface area contributed by atoms with Crippen molar-refractivity contribution in [2.45, 2.75) is 19.1 Å². The molecule has 0 spiro atoms. The predicted octanol–water partition coefficient (Wildman–Crippen LogP) is 3.65. The van der Waals surface area contributed by atoms with Gasteiger partial charge in [0, 0.05) is 29.7 Å². The summed E-state index contributed by atoms with van der Waals surface area (Å²) in [5.74, 6) is -0.323. The van der Waals surface area contributed by atoms with E-state index in [1.165, 1.54) is 12.1 Å². The van der Waals surface area contributed by atoms with Gasteiger partial charge in [0.1, 0.15) is 0 Å². The van der Waals surface area contributed by atoms with E-state index in [0.29, 0.717) is 16.9 Å². The summed E-state index contributed by atoms with van der Waals surface area (Å²) in [6.45, 7) is 1.51. The van der Waals surface area contributed by atoms with Crippen LogP contribution in [0, 0.1) is 0 Å². The Labute approximate surface area is 169 Å². The molecule has 2 aromatic heterocycles. The molecule has 0 unspecified atom stereocenters. The molecule has 2 aromatic carbocycles. The number of halogens is 3. The number of imidazole rings is 1. The third kappa shape index (κ3) is 3.30. The van der Waals surface area contributed by atoms with E-state index in [1.54, 1.807) is 40.6 Å². The van der Waals surface area contributed by atoms with Crippen molar-refractivity contribution in [3.63, 3.8) is 0 Å². The van der Waals surface area contributed by atoms with Crippen LogP contribution in [0.5, 0.6) is 0 Å². The first-order valence-corrected chi connectivity index (χ1v) is 9.25. The van der Waals surface area contributed by atoms with Crippen LogP contribution in [-0.2, 0) is 13.2 Å². The molecular formula is C21H19F3N4O2. The fourth-order valence-corrected chi connectivity index (χ4v) is 3.48. The number of fused-ring (bicyclic) bond motifs is 3. The molecule has 0 radical (unpaired) electrons. The number of aliphatic hydroxyl groups is 1. The fourth-order valence-electron chi connectivity index (χ4n) is 3.48. The molecule has 0 aliphatic heterocycles. The van der Waals surface area contributed by atoms with Crippen LogP contribution in [-0.4, -0.2) is 37.8 Å². The normalized spacial score (nSPS) is 13.1. The molecular weight excluding hydrogens is 397 g/mol. The summed E-state index contributed by atoms with van der Waals surface area (Å²) in [6.07, 6.45) is -2.79. The van der Waals surface area contributed by atoms with Crippen molar-refractivity contribution in [2.24, 2.45) is 7.05 Å². The minimum absolute atomic E-state index is 0.176. The number of aliphatic hydroxyl groups excluding tert-OH is 1. The van der Waals surface area contributed by atoms with E-state index in [1.807, 2.05) is 7.05 Å². The Balaban J connectivity index is 1.87. The van der Waals surface area contributed by atoms with Crippen molar-refractivity contribution in [3.05, 3.63) is 59.9 Å². The predicted molar refractivity (Wildman–Crippen MR) is 107 cm³/mol. The first-order chi connectivity index (χ1) is 14.2. The fraction of sp³-hybridized carbons (Fsp3) is 0.238. The van der Waals surface area contributed by atoms with Crippen LogP contribution in [0.2, 0.25) is 0 Å². The summed E-state index contributed by atoms with van der Waals surface area (Å²) in [4.78, 5) is 16.9. The first-order valence-electron chi connectivity index (χ1n) is 9.25. The van der Waals surface area contributed by atoms with Crippen LogP contribution >= 0.6 is 0 Å². The number of benzene rings is 2. The topological polar surface area (TPSA) is 72.1 Å². The smallest absolute Gasteiger partial charge is 0.394 e. The summed E-state index contributed by atoms with van der Waals surface area (Å²) >= 11 is 0. The molecule has 0 saturated heterocycles. The summed E-state index contributed by atoms with van der Waals surface area (Å²) in [5.41, 5.74) is 2.28. The maximum Gasteiger partial charge on any atom is 0.416 e. The summed E-state index contributed by atoms with van der Waals surface area (Å²) < 4.78 is 42.4. The molecule has 2 N–H and O–H groups in total. The van der Waals surface area contributed by atoms with E-state index in [2.05, 4.69) is 10.3 Å². The van der Waals surface area contributed by atoms with Crippen molar-refractivity contribution in [2.75, 3.05) is 6.61 Å². The zero-order valence-corrected chi connectivity index (χ0v) is 16.2. The zero-order valence-electron chi connectivity index (χ0n) is 16.2. The minimum atomic E-state index is -4.41. The lowest BCUT2D eigenvalue weighted by Gasteiger charge is -2.11. The molecule has 0 aliphatic carbocycles. The van der Waals surface area contributed by atoms with Gasteiger partial charge in [0.25, 0.3) is 5.91 Å². The lowest BCUT2D eigenvalue weighted by Crippen LogP contribution is -2.34. The Hall–Kier alpha value is -3.33. The number of carbonyl (C=O) groups excluding carboxylic acids is 1. The van der Waals surface area contributed by atoms with Crippen LogP contribution in [0.15, 0.2) is 48.8 Å². The Morgan fingerprint density at radius 3 is 2.53 bits per heavy atom. The van der Waals surface area contributed by atoms with Gasteiger partial charge in [-0.2, -0.15) is 13.2 Å². The van der Waals surface area contributed by atoms with Gasteiger partial charge in [-0.25, -0.2) is 4.98 Å². The maximum atomic E-state index is 12.9. The molecule has 2 heterocycles. The van der Waals surface area contributed by atoms with E-state index in [4.69, 9.17) is 5.11 Å². The van der Waals surface area contributed by atoms with Crippen LogP contribution in [0.25, 0.3) is 27.8 Å². The number of hydrogen-bond acceptors (Lipinski definition) is 3. The van der Waals surface area contributed by atoms with Crippen molar-refractivity contribution >= 4 is 28.0 Å². The minimum Gasteiger partial charge on any atom is -0.394 e. The Kier molecular flexibility index (Phi) is 4.77. The monoisotopic (exact) mass is 416 g/mol. The van der Waals surface area contributed by atoms with Crippen molar-refractivity contribution in [3.8, 4) is 5.69 Å². The lowest BCUT2D eigenvalue weighted by atomic mass is 10.1. The number of aryl methyl sites for hydroxylation is 1. The van der Waals surface area contributed by atoms with Gasteiger partial charge in [-0.05, 0) is 49.4 Å². The highest BCUT2D eigenvalue weighted by molar-refractivity contribution is 6.09. The van der Waals surface area contributed by atoms with E-state index >= 15 is 0 Å². The molecule has 0 saturated carbocycles.